The maximum absolute atomic E-state index is 5.34. The van der Waals surface area contributed by atoms with Crippen LogP contribution in [0.3, 0.4) is 0 Å². The van der Waals surface area contributed by atoms with E-state index in [0.29, 0.717) is 13.2 Å². The van der Waals surface area contributed by atoms with Crippen LogP contribution in [0.2, 0.25) is 0 Å². The molecular weight excluding hydrogens is 280 g/mol. The molecule has 64 valence electrons. The lowest BCUT2D eigenvalue weighted by atomic mass is 10.5. The highest BCUT2D eigenvalue weighted by Gasteiger charge is 2.46. The van der Waals surface area contributed by atoms with Crippen LogP contribution in [-0.4, -0.2) is 35.4 Å². The van der Waals surface area contributed by atoms with Gasteiger partial charge in [0.05, 0.1) is 26.4 Å². The van der Waals surface area contributed by atoms with Crippen molar-refractivity contribution in [1.29, 1.82) is 0 Å². The number of hydrogen-bond donors (Lipinski definition) is 0. The molecule has 2 fully saturated rings. The first-order chi connectivity index (χ1) is 5.12. The fourth-order valence-electron chi connectivity index (χ4n) is 0.679. The fraction of sp³-hybridized carbons (Fsp3) is 1.00. The molecule has 0 amide bonds. The van der Waals surface area contributed by atoms with Gasteiger partial charge in [0.2, 0.25) is 0 Å². The van der Waals surface area contributed by atoms with Gasteiger partial charge in [0.25, 0.3) is 0 Å². The van der Waals surface area contributed by atoms with E-state index in [1.807, 2.05) is 0 Å². The molecule has 0 aromatic rings. The van der Waals surface area contributed by atoms with Crippen LogP contribution in [-0.2, 0) is 14.2 Å². The minimum Gasteiger partial charge on any atom is -0.373 e. The molecule has 0 aliphatic carbocycles. The molecule has 2 unspecified atom stereocenters. The molecule has 0 saturated carbocycles. The van der Waals surface area contributed by atoms with E-state index < -0.39 is 0 Å². The van der Waals surface area contributed by atoms with Crippen molar-refractivity contribution in [2.75, 3.05) is 26.4 Å². The third kappa shape index (κ3) is 2.39. The molecule has 2 rings (SSSR count). The zero-order valence-corrected chi connectivity index (χ0v) is 8.98. The van der Waals surface area contributed by atoms with E-state index in [-0.39, 0.29) is 9.02 Å². The molecular formula is C6H8Br2O3. The van der Waals surface area contributed by atoms with Crippen LogP contribution in [0, 0.1) is 0 Å². The summed E-state index contributed by atoms with van der Waals surface area (Å²) in [6.07, 6.45) is 0. The molecule has 0 aromatic heterocycles. The first-order valence-electron chi connectivity index (χ1n) is 3.36. The Hall–Kier alpha value is 0.840. The molecule has 0 radical (unpaired) electrons. The van der Waals surface area contributed by atoms with Crippen molar-refractivity contribution in [3.05, 3.63) is 0 Å². The normalized spacial score (nSPS) is 47.5. The lowest BCUT2D eigenvalue weighted by Crippen LogP contribution is -2.17. The Morgan fingerprint density at radius 2 is 1.45 bits per heavy atom. The SMILES string of the molecule is BrC1(COCC2(Br)CO2)CO1. The predicted molar refractivity (Wildman–Crippen MR) is 46.0 cm³/mol. The number of rotatable bonds is 4. The highest BCUT2D eigenvalue weighted by atomic mass is 79.9. The van der Waals surface area contributed by atoms with Gasteiger partial charge in [-0.3, -0.25) is 0 Å². The van der Waals surface area contributed by atoms with Gasteiger partial charge >= 0.3 is 0 Å². The highest BCUT2D eigenvalue weighted by molar-refractivity contribution is 9.10. The molecule has 2 saturated heterocycles. The minimum absolute atomic E-state index is 0.189. The van der Waals surface area contributed by atoms with Gasteiger partial charge in [-0.05, 0) is 31.9 Å². The number of alkyl halides is 2. The van der Waals surface area contributed by atoms with Crippen molar-refractivity contribution in [1.82, 2.24) is 0 Å². The maximum Gasteiger partial charge on any atom is 0.169 e. The van der Waals surface area contributed by atoms with Crippen LogP contribution < -0.4 is 0 Å². The molecule has 0 bridgehead atoms. The smallest absolute Gasteiger partial charge is 0.169 e. The third-order valence-corrected chi connectivity index (χ3v) is 2.92. The maximum atomic E-state index is 5.34. The lowest BCUT2D eigenvalue weighted by Gasteiger charge is -2.06. The summed E-state index contributed by atoms with van der Waals surface area (Å²) in [5.74, 6) is 0. The van der Waals surface area contributed by atoms with Crippen molar-refractivity contribution >= 4 is 31.9 Å². The fourth-order valence-corrected chi connectivity index (χ4v) is 1.23. The van der Waals surface area contributed by atoms with Crippen LogP contribution in [0.4, 0.5) is 0 Å². The first kappa shape index (κ1) is 8.44. The minimum atomic E-state index is -0.189. The molecule has 2 heterocycles. The Morgan fingerprint density at radius 3 is 1.73 bits per heavy atom. The molecule has 2 aliphatic rings. The van der Waals surface area contributed by atoms with E-state index in [4.69, 9.17) is 14.2 Å². The average Bonchev–Trinajstić information content (AvgIpc) is 2.78. The van der Waals surface area contributed by atoms with Crippen LogP contribution in [0.1, 0.15) is 0 Å². The highest BCUT2D eigenvalue weighted by Crippen LogP contribution is 2.37. The molecule has 5 heteroatoms. The van der Waals surface area contributed by atoms with Crippen molar-refractivity contribution < 1.29 is 14.2 Å². The number of halogens is 2. The summed E-state index contributed by atoms with van der Waals surface area (Å²) >= 11 is 6.75. The number of ether oxygens (including phenoxy) is 3. The summed E-state index contributed by atoms with van der Waals surface area (Å²) in [5, 5.41) is 0. The molecule has 0 N–H and O–H groups in total. The first-order valence-corrected chi connectivity index (χ1v) is 4.94. The van der Waals surface area contributed by atoms with Crippen LogP contribution >= 0.6 is 31.9 Å². The van der Waals surface area contributed by atoms with Gasteiger partial charge in [-0.15, -0.1) is 0 Å². The quantitative estimate of drug-likeness (QED) is 0.576. The summed E-state index contributed by atoms with van der Waals surface area (Å²) in [7, 11) is 0. The molecule has 3 nitrogen and oxygen atoms in total. The number of hydrogen-bond acceptors (Lipinski definition) is 3. The van der Waals surface area contributed by atoms with Gasteiger partial charge in [-0.2, -0.15) is 0 Å². The van der Waals surface area contributed by atoms with Crippen molar-refractivity contribution in [3.8, 4) is 0 Å². The van der Waals surface area contributed by atoms with E-state index in [1.54, 1.807) is 0 Å². The Balaban J connectivity index is 1.60. The zero-order chi connectivity index (χ0) is 7.95. The van der Waals surface area contributed by atoms with Gasteiger partial charge in [0, 0.05) is 0 Å². The Morgan fingerprint density at radius 1 is 1.09 bits per heavy atom. The summed E-state index contributed by atoms with van der Waals surface area (Å²) in [6, 6.07) is 0. The van der Waals surface area contributed by atoms with Gasteiger partial charge in [-0.25, -0.2) is 0 Å². The topological polar surface area (TPSA) is 34.3 Å². The predicted octanol–water partition coefficient (Wildman–Crippen LogP) is 1.25. The van der Waals surface area contributed by atoms with Crippen LogP contribution in [0.5, 0.6) is 0 Å². The van der Waals surface area contributed by atoms with E-state index in [1.165, 1.54) is 0 Å². The second-order valence-corrected chi connectivity index (χ2v) is 5.73. The van der Waals surface area contributed by atoms with Crippen molar-refractivity contribution in [2.24, 2.45) is 0 Å². The van der Waals surface area contributed by atoms with Gasteiger partial charge in [-0.1, -0.05) is 0 Å². The van der Waals surface area contributed by atoms with Crippen molar-refractivity contribution in [3.63, 3.8) is 0 Å². The van der Waals surface area contributed by atoms with E-state index in [0.717, 1.165) is 13.2 Å². The number of epoxide rings is 2. The average molecular weight is 288 g/mol. The second kappa shape index (κ2) is 2.67. The zero-order valence-electron chi connectivity index (χ0n) is 5.81. The molecule has 2 aliphatic heterocycles. The summed E-state index contributed by atoms with van der Waals surface area (Å²) in [6.45, 7) is 2.65. The van der Waals surface area contributed by atoms with E-state index in [9.17, 15) is 0 Å². The summed E-state index contributed by atoms with van der Waals surface area (Å²) in [4.78, 5) is 0. The largest absolute Gasteiger partial charge is 0.373 e. The molecule has 11 heavy (non-hydrogen) atoms. The molecule has 0 aromatic carbocycles. The standard InChI is InChI=1S/C6H8Br2O3/c7-5(3-10-5)1-9-2-6(8)4-11-6/h1-4H2. The Kier molecular flexibility index (Phi) is 2.05. The van der Waals surface area contributed by atoms with Gasteiger partial charge < -0.3 is 14.2 Å². The van der Waals surface area contributed by atoms with E-state index >= 15 is 0 Å². The Bertz CT molecular complexity index is 147. The van der Waals surface area contributed by atoms with Crippen molar-refractivity contribution in [2.45, 2.75) is 9.02 Å². The lowest BCUT2D eigenvalue weighted by molar-refractivity contribution is 0.0897. The summed E-state index contributed by atoms with van der Waals surface area (Å²) < 4.78 is 15.1. The second-order valence-electron chi connectivity index (χ2n) is 2.84. The van der Waals surface area contributed by atoms with E-state index in [2.05, 4.69) is 31.9 Å². The van der Waals surface area contributed by atoms with Crippen LogP contribution in [0.15, 0.2) is 0 Å². The monoisotopic (exact) mass is 286 g/mol. The van der Waals surface area contributed by atoms with Gasteiger partial charge in [0.15, 0.2) is 9.02 Å². The van der Waals surface area contributed by atoms with Crippen LogP contribution in [0.25, 0.3) is 0 Å². The third-order valence-electron chi connectivity index (χ3n) is 1.55. The summed E-state index contributed by atoms with van der Waals surface area (Å²) in [5.41, 5.74) is 0. The van der Waals surface area contributed by atoms with Gasteiger partial charge in [0.1, 0.15) is 0 Å². The Labute approximate surface area is 81.6 Å². The molecule has 0 spiro atoms. The molecule has 2 atom stereocenters.